The summed E-state index contributed by atoms with van der Waals surface area (Å²) < 4.78 is 65.9. The lowest BCUT2D eigenvalue weighted by Crippen LogP contribution is -2.12. The van der Waals surface area contributed by atoms with Gasteiger partial charge in [-0.1, -0.05) is 58.0 Å². The maximum absolute atomic E-state index is 16.7. The summed E-state index contributed by atoms with van der Waals surface area (Å²) in [5.41, 5.74) is 3.61. The lowest BCUT2D eigenvalue weighted by molar-refractivity contribution is -0.113. The van der Waals surface area contributed by atoms with Crippen molar-refractivity contribution >= 4 is 79.4 Å². The zero-order valence-corrected chi connectivity index (χ0v) is 36.8. The van der Waals surface area contributed by atoms with Crippen molar-refractivity contribution in [2.45, 2.75) is 12.8 Å². The number of Topliss-reactive ketones (excluding diaryl/α,β-unsaturated/α-hetero) is 1. The van der Waals surface area contributed by atoms with Crippen molar-refractivity contribution in [3.63, 3.8) is 0 Å². The number of hydrogen-bond acceptors (Lipinski definition) is 9. The van der Waals surface area contributed by atoms with E-state index in [0.717, 1.165) is 0 Å². The Balaban J connectivity index is 1.29. The number of aromatic hydroxyl groups is 3. The van der Waals surface area contributed by atoms with E-state index in [1.807, 2.05) is 12.1 Å². The molecular formula is C52H37F4N5O4S2. The Labute approximate surface area is 388 Å². The summed E-state index contributed by atoms with van der Waals surface area (Å²) in [6.07, 6.45) is 12.6. The molecule has 0 unspecified atom stereocenters. The third-order valence-corrected chi connectivity index (χ3v) is 13.5. The highest BCUT2D eigenvalue weighted by atomic mass is 33.1. The van der Waals surface area contributed by atoms with Gasteiger partial charge in [0.2, 0.25) is 5.78 Å². The normalized spacial score (nSPS) is 11.8. The summed E-state index contributed by atoms with van der Waals surface area (Å²) >= 11 is 0. The Bertz CT molecular complexity index is 3340. The van der Waals surface area contributed by atoms with Gasteiger partial charge < -0.3 is 30.6 Å². The second kappa shape index (κ2) is 19.0. The highest BCUT2D eigenvalue weighted by molar-refractivity contribution is 8.76. The molecule has 0 spiro atoms. The number of phenols is 3. The third kappa shape index (κ3) is 9.01. The number of phenolic OH excluding ortho intramolecular Hbond substituents is 3. The second-order valence-electron chi connectivity index (χ2n) is 15.4. The lowest BCUT2D eigenvalue weighted by atomic mass is 10.0. The number of carbonyl (C=O) groups is 1. The van der Waals surface area contributed by atoms with E-state index >= 15 is 17.6 Å². The van der Waals surface area contributed by atoms with Gasteiger partial charge in [0.1, 0.15) is 22.9 Å². The van der Waals surface area contributed by atoms with E-state index in [4.69, 9.17) is 16.4 Å². The fourth-order valence-corrected chi connectivity index (χ4v) is 10.1. The number of aromatic amines is 2. The van der Waals surface area contributed by atoms with Crippen LogP contribution >= 0.6 is 21.6 Å². The molecule has 8 bridgehead atoms. The number of nitrogens with zero attached hydrogens (tertiary/aromatic N) is 2. The molecule has 4 aromatic carbocycles. The summed E-state index contributed by atoms with van der Waals surface area (Å²) in [6.45, 7) is -0.0380. The molecule has 0 saturated heterocycles. The van der Waals surface area contributed by atoms with E-state index < -0.39 is 34.5 Å². The minimum atomic E-state index is -1.66. The first-order valence-electron chi connectivity index (χ1n) is 20.9. The van der Waals surface area contributed by atoms with Crippen molar-refractivity contribution in [2.75, 3.05) is 23.4 Å². The number of ketones is 1. The van der Waals surface area contributed by atoms with Crippen molar-refractivity contribution in [3.8, 4) is 74.1 Å². The average molecular weight is 936 g/mol. The van der Waals surface area contributed by atoms with Gasteiger partial charge in [0.15, 0.2) is 23.3 Å². The van der Waals surface area contributed by atoms with Crippen LogP contribution < -0.4 is 5.32 Å². The lowest BCUT2D eigenvalue weighted by Gasteiger charge is -2.14. The summed E-state index contributed by atoms with van der Waals surface area (Å²) in [5, 5.41) is 34.5. The molecule has 0 aliphatic carbocycles. The number of anilines is 1. The number of terminal acetylenes is 1. The number of aromatic nitrogens is 4. The smallest absolute Gasteiger partial charge is 0.205 e. The molecule has 0 radical (unpaired) electrons. The van der Waals surface area contributed by atoms with Gasteiger partial charge in [-0.05, 0) is 114 Å². The highest BCUT2D eigenvalue weighted by Crippen LogP contribution is 2.42. The number of H-pyrrole nitrogens is 2. The zero-order chi connectivity index (χ0) is 46.8. The predicted octanol–water partition coefficient (Wildman–Crippen LogP) is 12.8. The Morgan fingerprint density at radius 2 is 0.970 bits per heavy atom. The van der Waals surface area contributed by atoms with Crippen molar-refractivity contribution in [3.05, 3.63) is 143 Å². The number of carbonyl (C=O) groups excluding carboxylic acids is 1. The number of nitrogens with one attached hydrogen (secondary N) is 3. The summed E-state index contributed by atoms with van der Waals surface area (Å²) in [4.78, 5) is 28.1. The van der Waals surface area contributed by atoms with Crippen molar-refractivity contribution in [2.24, 2.45) is 0 Å². The van der Waals surface area contributed by atoms with Crippen LogP contribution in [-0.4, -0.2) is 59.1 Å². The first-order chi connectivity index (χ1) is 32.5. The van der Waals surface area contributed by atoms with Gasteiger partial charge in [-0.3, -0.25) is 4.79 Å². The maximum Gasteiger partial charge on any atom is 0.205 e. The third-order valence-electron chi connectivity index (χ3n) is 11.0. The first kappa shape index (κ1) is 44.5. The van der Waals surface area contributed by atoms with Gasteiger partial charge in [0.25, 0.3) is 0 Å². The minimum Gasteiger partial charge on any atom is -0.508 e. The summed E-state index contributed by atoms with van der Waals surface area (Å²) in [5.74, 6) is -3.97. The van der Waals surface area contributed by atoms with Crippen LogP contribution in [0.25, 0.3) is 90.9 Å². The van der Waals surface area contributed by atoms with Gasteiger partial charge >= 0.3 is 0 Å². The van der Waals surface area contributed by atoms with E-state index in [2.05, 4.69) is 21.2 Å². The highest BCUT2D eigenvalue weighted by Gasteiger charge is 2.30. The van der Waals surface area contributed by atoms with Gasteiger partial charge in [-0.25, -0.2) is 27.5 Å². The predicted molar refractivity (Wildman–Crippen MR) is 262 cm³/mol. The number of hydrogen-bond donors (Lipinski definition) is 6. The fourth-order valence-electron chi connectivity index (χ4n) is 8.07. The topological polar surface area (TPSA) is 147 Å². The van der Waals surface area contributed by atoms with Crippen LogP contribution in [0.1, 0.15) is 35.6 Å². The van der Waals surface area contributed by atoms with Gasteiger partial charge in [0.05, 0.1) is 28.3 Å². The zero-order valence-electron chi connectivity index (χ0n) is 35.1. The molecule has 3 aromatic heterocycles. The van der Waals surface area contributed by atoms with E-state index in [0.29, 0.717) is 79.2 Å². The fraction of sp³-hybridized carbons (Fsp3) is 0.0962. The molecule has 7 aromatic rings. The molecule has 0 fully saturated rings. The van der Waals surface area contributed by atoms with Gasteiger partial charge in [0, 0.05) is 68.8 Å². The van der Waals surface area contributed by atoms with Crippen LogP contribution in [0.3, 0.4) is 0 Å². The largest absolute Gasteiger partial charge is 0.508 e. The van der Waals surface area contributed by atoms with E-state index in [1.54, 1.807) is 72.8 Å². The van der Waals surface area contributed by atoms with Gasteiger partial charge in [-0.2, -0.15) is 0 Å². The monoisotopic (exact) mass is 935 g/mol. The number of fused-ring (bicyclic) bond motifs is 8. The van der Waals surface area contributed by atoms with Crippen LogP contribution in [0.5, 0.6) is 17.2 Å². The molecule has 9 rings (SSSR count). The number of benzene rings is 4. The maximum atomic E-state index is 16.7. The van der Waals surface area contributed by atoms with Crippen molar-refractivity contribution in [1.82, 2.24) is 19.9 Å². The van der Waals surface area contributed by atoms with Crippen LogP contribution in [-0.2, 0) is 4.79 Å². The summed E-state index contributed by atoms with van der Waals surface area (Å²) in [7, 11) is 2.78. The number of rotatable bonds is 13. The molecule has 6 N–H and O–H groups in total. The van der Waals surface area contributed by atoms with E-state index in [1.165, 1.54) is 58.0 Å². The quantitative estimate of drug-likeness (QED) is 0.0166. The Morgan fingerprint density at radius 1 is 0.567 bits per heavy atom. The standard InChI is InChI=1S/C52H37F4N5O4S2/c1-2-31(62)13-6-23-66-67-24-22-57-52-50(55)48(53)47(49(54)51(52)56)46-41-20-18-39(60-41)44(29-8-4-11-33(64)26-29)37-16-14-35(58-37)43(28-7-3-10-32(63)25-28)36-15-17-38(59-36)45(40-19-21-42(46)61-40)30-9-5-12-34(65)27-30/h1,3-5,7-12,14-21,25-27,57-58,61,63-65H,6,13,22-24H2. The van der Waals surface area contributed by atoms with Crippen LogP contribution in [0.15, 0.2) is 97.1 Å². The molecule has 0 amide bonds. The SMILES string of the molecule is C#CC(=O)CCCSSCCNc1c(F)c(F)c(-c2c3nc(c(-c4cccc(O)c4)c4ccc([nH]4)c(-c4cccc(O)c4)c4nc(c(-c5cccc(O)c5)c5ccc2[nH]5)C=C4)C=C3)c(F)c1F. The van der Waals surface area contributed by atoms with Crippen molar-refractivity contribution in [1.29, 1.82) is 0 Å². The molecule has 15 heteroatoms. The number of halogens is 4. The molecule has 9 nitrogen and oxygen atoms in total. The van der Waals surface area contributed by atoms with Crippen LogP contribution in [0.2, 0.25) is 0 Å². The molecular weight excluding hydrogens is 899 g/mol. The molecule has 2 aliphatic rings. The van der Waals surface area contributed by atoms with Gasteiger partial charge in [-0.15, -0.1) is 6.42 Å². The Morgan fingerprint density at radius 3 is 1.39 bits per heavy atom. The molecule has 5 heterocycles. The van der Waals surface area contributed by atoms with E-state index in [-0.39, 0.29) is 58.5 Å². The second-order valence-corrected chi connectivity index (χ2v) is 18.1. The molecule has 67 heavy (non-hydrogen) atoms. The van der Waals surface area contributed by atoms with Crippen molar-refractivity contribution < 1.29 is 37.7 Å². The average Bonchev–Trinajstić information content (AvgIpc) is 4.17. The molecule has 334 valence electrons. The molecule has 0 atom stereocenters. The van der Waals surface area contributed by atoms with Crippen LogP contribution in [0.4, 0.5) is 23.2 Å². The molecule has 2 aliphatic heterocycles. The summed E-state index contributed by atoms with van der Waals surface area (Å²) in [6, 6.07) is 26.4. The van der Waals surface area contributed by atoms with E-state index in [9.17, 15) is 20.1 Å². The Kier molecular flexibility index (Phi) is 12.7. The molecule has 0 saturated carbocycles. The van der Waals surface area contributed by atoms with Crippen LogP contribution in [0, 0.1) is 35.6 Å². The Hall–Kier alpha value is -7.67. The first-order valence-corrected chi connectivity index (χ1v) is 23.4. The minimum absolute atomic E-state index is 0.0291.